The molecule has 2 N–H and O–H groups in total. The van der Waals surface area contributed by atoms with Crippen molar-refractivity contribution in [3.63, 3.8) is 0 Å². The Hall–Kier alpha value is -3.03. The van der Waals surface area contributed by atoms with Crippen LogP contribution < -0.4 is 4.74 Å². The van der Waals surface area contributed by atoms with E-state index in [0.717, 1.165) is 50.5 Å². The molecule has 3 aromatic carbocycles. The largest absolute Gasteiger partial charge is 0.493 e. The van der Waals surface area contributed by atoms with Crippen LogP contribution in [0, 0.1) is 17.8 Å². The molecule has 1 heterocycles. The summed E-state index contributed by atoms with van der Waals surface area (Å²) in [5, 5.41) is 14.3. The van der Waals surface area contributed by atoms with Gasteiger partial charge in [0.05, 0.1) is 24.0 Å². The fraction of sp³-hybridized carbons (Fsp3) is 0.292. The minimum Gasteiger partial charge on any atom is -0.493 e. The second-order valence-corrected chi connectivity index (χ2v) is 8.16. The number of imidazole rings is 1. The predicted octanol–water partition coefficient (Wildman–Crippen LogP) is 4.78. The van der Waals surface area contributed by atoms with Crippen molar-refractivity contribution in [2.24, 2.45) is 5.92 Å². The van der Waals surface area contributed by atoms with Gasteiger partial charge in [0.15, 0.2) is 0 Å². The van der Waals surface area contributed by atoms with Crippen molar-refractivity contribution in [2.45, 2.75) is 32.3 Å². The first-order valence-electron chi connectivity index (χ1n) is 9.69. The Bertz CT molecular complexity index is 1260. The Morgan fingerprint density at radius 3 is 2.68 bits per heavy atom. The quantitative estimate of drug-likeness (QED) is 0.403. The number of aromatic amines is 1. The average molecular weight is 370 g/mol. The summed E-state index contributed by atoms with van der Waals surface area (Å²) in [6.07, 6.45) is 4.28. The summed E-state index contributed by atoms with van der Waals surface area (Å²) in [6.45, 7) is 4.17. The van der Waals surface area contributed by atoms with Crippen LogP contribution in [0.25, 0.3) is 32.6 Å². The van der Waals surface area contributed by atoms with E-state index in [0.29, 0.717) is 5.92 Å². The van der Waals surface area contributed by atoms with Gasteiger partial charge in [-0.3, -0.25) is 0 Å². The molecule has 0 amide bonds. The fourth-order valence-electron chi connectivity index (χ4n) is 3.53. The highest BCUT2D eigenvalue weighted by molar-refractivity contribution is 6.23. The van der Waals surface area contributed by atoms with Gasteiger partial charge in [-0.15, -0.1) is 0 Å². The summed E-state index contributed by atoms with van der Waals surface area (Å²) in [6, 6.07) is 12.4. The Kier molecular flexibility index (Phi) is 3.82. The Balaban J connectivity index is 1.72. The molecule has 0 saturated heterocycles. The molecule has 0 atom stereocenters. The van der Waals surface area contributed by atoms with Crippen LogP contribution >= 0.6 is 0 Å². The van der Waals surface area contributed by atoms with Gasteiger partial charge in [0, 0.05) is 16.3 Å². The van der Waals surface area contributed by atoms with Crippen LogP contribution in [0.4, 0.5) is 0 Å². The monoisotopic (exact) mass is 370 g/mol. The van der Waals surface area contributed by atoms with Crippen LogP contribution in [0.3, 0.4) is 0 Å². The summed E-state index contributed by atoms with van der Waals surface area (Å²) in [5.41, 5.74) is 1.84. The number of aliphatic hydroxyl groups is 1. The molecule has 0 bridgehead atoms. The molecular formula is C24H22N2O2. The maximum Gasteiger partial charge on any atom is 0.120 e. The Labute approximate surface area is 163 Å². The molecule has 28 heavy (non-hydrogen) atoms. The maximum absolute atomic E-state index is 9.92. The van der Waals surface area contributed by atoms with E-state index in [1.165, 1.54) is 12.8 Å². The fourth-order valence-corrected chi connectivity index (χ4v) is 3.53. The van der Waals surface area contributed by atoms with Crippen molar-refractivity contribution in [1.82, 2.24) is 9.97 Å². The number of aromatic nitrogens is 2. The molecular weight excluding hydrogens is 348 g/mol. The molecule has 1 saturated carbocycles. The van der Waals surface area contributed by atoms with Crippen molar-refractivity contribution in [3.05, 3.63) is 48.3 Å². The summed E-state index contributed by atoms with van der Waals surface area (Å²) in [4.78, 5) is 7.82. The van der Waals surface area contributed by atoms with E-state index in [-0.39, 0.29) is 0 Å². The van der Waals surface area contributed by atoms with Gasteiger partial charge in [-0.25, -0.2) is 4.98 Å². The third-order valence-corrected chi connectivity index (χ3v) is 5.16. The molecule has 4 heteroatoms. The number of H-pyrrole nitrogens is 1. The second-order valence-electron chi connectivity index (χ2n) is 8.16. The lowest BCUT2D eigenvalue weighted by atomic mass is 9.97. The van der Waals surface area contributed by atoms with E-state index in [4.69, 9.17) is 4.74 Å². The average Bonchev–Trinajstić information content (AvgIpc) is 3.38. The topological polar surface area (TPSA) is 58.1 Å². The molecule has 1 aromatic heterocycles. The molecule has 1 aliphatic carbocycles. The molecule has 0 unspecified atom stereocenters. The van der Waals surface area contributed by atoms with Gasteiger partial charge in [0.25, 0.3) is 0 Å². The number of benzene rings is 3. The molecule has 5 rings (SSSR count). The van der Waals surface area contributed by atoms with Crippen molar-refractivity contribution in [3.8, 4) is 17.6 Å². The first-order valence-corrected chi connectivity index (χ1v) is 9.69. The molecule has 4 nitrogen and oxygen atoms in total. The summed E-state index contributed by atoms with van der Waals surface area (Å²) >= 11 is 0. The van der Waals surface area contributed by atoms with Gasteiger partial charge < -0.3 is 14.8 Å². The number of hydrogen-bond acceptors (Lipinski definition) is 3. The summed E-state index contributed by atoms with van der Waals surface area (Å²) in [7, 11) is 0. The van der Waals surface area contributed by atoms with Crippen LogP contribution in [0.5, 0.6) is 5.75 Å². The highest BCUT2D eigenvalue weighted by Gasteiger charge is 2.22. The Morgan fingerprint density at radius 1 is 1.11 bits per heavy atom. The zero-order valence-corrected chi connectivity index (χ0v) is 16.0. The van der Waals surface area contributed by atoms with Crippen molar-refractivity contribution >= 4 is 32.6 Å². The van der Waals surface area contributed by atoms with Crippen LogP contribution in [-0.2, 0) is 0 Å². The maximum atomic E-state index is 9.92. The lowest BCUT2D eigenvalue weighted by molar-refractivity contribution is 0.143. The van der Waals surface area contributed by atoms with E-state index >= 15 is 0 Å². The lowest BCUT2D eigenvalue weighted by Gasteiger charge is -2.10. The third kappa shape index (κ3) is 3.19. The van der Waals surface area contributed by atoms with Crippen LogP contribution in [0.2, 0.25) is 0 Å². The van der Waals surface area contributed by atoms with Crippen LogP contribution in [-0.4, -0.2) is 27.3 Å². The van der Waals surface area contributed by atoms with Crippen molar-refractivity contribution in [1.29, 1.82) is 0 Å². The van der Waals surface area contributed by atoms with Crippen LogP contribution in [0.1, 0.15) is 32.3 Å². The second kappa shape index (κ2) is 6.25. The summed E-state index contributed by atoms with van der Waals surface area (Å²) < 4.78 is 6.01. The first kappa shape index (κ1) is 17.1. The third-order valence-electron chi connectivity index (χ3n) is 5.16. The van der Waals surface area contributed by atoms with Gasteiger partial charge in [0.1, 0.15) is 11.4 Å². The minimum absolute atomic E-state index is 0.713. The van der Waals surface area contributed by atoms with E-state index < -0.39 is 5.60 Å². The molecule has 0 spiro atoms. The zero-order valence-electron chi connectivity index (χ0n) is 16.0. The highest BCUT2D eigenvalue weighted by atomic mass is 16.5. The molecule has 0 radical (unpaired) electrons. The smallest absolute Gasteiger partial charge is 0.120 e. The number of ether oxygens (including phenoxy) is 1. The minimum atomic E-state index is -1.02. The SMILES string of the molecule is CC(C)(O)C#Cc1ccc2c(c1)c1cc(OCC3CC3)ccc1c1nc[nH]c21. The number of hydrogen-bond donors (Lipinski definition) is 2. The molecule has 0 aliphatic heterocycles. The number of rotatable bonds is 3. The van der Waals surface area contributed by atoms with E-state index in [2.05, 4.69) is 46.1 Å². The van der Waals surface area contributed by atoms with Gasteiger partial charge in [-0.1, -0.05) is 17.9 Å². The molecule has 1 aliphatic rings. The molecule has 140 valence electrons. The Morgan fingerprint density at radius 2 is 1.89 bits per heavy atom. The number of nitrogens with zero attached hydrogens (tertiary/aromatic N) is 1. The van der Waals surface area contributed by atoms with Gasteiger partial charge in [-0.05, 0) is 73.7 Å². The van der Waals surface area contributed by atoms with Crippen molar-refractivity contribution < 1.29 is 9.84 Å². The van der Waals surface area contributed by atoms with Crippen LogP contribution in [0.15, 0.2) is 42.7 Å². The van der Waals surface area contributed by atoms with E-state index in [1.807, 2.05) is 12.1 Å². The zero-order chi connectivity index (χ0) is 19.3. The van der Waals surface area contributed by atoms with Crippen molar-refractivity contribution in [2.75, 3.05) is 6.61 Å². The van der Waals surface area contributed by atoms with E-state index in [1.54, 1.807) is 20.2 Å². The number of nitrogens with one attached hydrogen (secondary N) is 1. The van der Waals surface area contributed by atoms with E-state index in [9.17, 15) is 5.11 Å². The van der Waals surface area contributed by atoms with Gasteiger partial charge >= 0.3 is 0 Å². The van der Waals surface area contributed by atoms with Gasteiger partial charge in [-0.2, -0.15) is 0 Å². The number of fused-ring (bicyclic) bond motifs is 6. The molecule has 1 fully saturated rings. The normalized spacial score (nSPS) is 14.4. The molecule has 4 aromatic rings. The lowest BCUT2D eigenvalue weighted by Crippen LogP contribution is -2.14. The first-order chi connectivity index (χ1) is 13.5. The summed E-state index contributed by atoms with van der Waals surface area (Å²) in [5.74, 6) is 7.59. The standard InChI is InChI=1S/C24H22N2O2/c1-24(2,27)10-9-15-5-7-18-20(11-15)21-12-17(28-13-16-3-4-16)6-8-19(21)23-22(18)25-14-26-23/h5-8,11-12,14,16,27H,3-4,13H2,1-2H3,(H,25,26). The van der Waals surface area contributed by atoms with Gasteiger partial charge in [0.2, 0.25) is 0 Å². The predicted molar refractivity (Wildman–Crippen MR) is 113 cm³/mol. The highest BCUT2D eigenvalue weighted by Crippen LogP contribution is 2.36.